The minimum absolute atomic E-state index is 0.542. The van der Waals surface area contributed by atoms with E-state index in [0.717, 1.165) is 21.1 Å². The summed E-state index contributed by atoms with van der Waals surface area (Å²) in [6.07, 6.45) is 0. The minimum atomic E-state index is 0.542. The quantitative estimate of drug-likeness (QED) is 0.689. The van der Waals surface area contributed by atoms with Crippen molar-refractivity contribution in [2.75, 3.05) is 7.11 Å². The first-order valence-corrected chi connectivity index (χ1v) is 6.79. The fraction of sp³-hybridized carbons (Fsp3) is 0.143. The van der Waals surface area contributed by atoms with Crippen molar-refractivity contribution in [2.45, 2.75) is 6.92 Å². The topological polar surface area (TPSA) is 9.23 Å². The molecule has 0 aliphatic rings. The van der Waals surface area contributed by atoms with E-state index in [9.17, 15) is 0 Å². The smallest absolute Gasteiger partial charge is 0.118 e. The van der Waals surface area contributed by atoms with E-state index in [4.69, 9.17) is 27.9 Å². The van der Waals surface area contributed by atoms with Crippen LogP contribution in [0.5, 0.6) is 5.75 Å². The first-order valence-electron chi connectivity index (χ1n) is 5.22. The van der Waals surface area contributed by atoms with Gasteiger partial charge < -0.3 is 4.74 Å². The summed E-state index contributed by atoms with van der Waals surface area (Å²) in [5, 5.41) is 1.14. The molecule has 0 N–H and O–H groups in total. The molecule has 18 heavy (non-hydrogen) atoms. The van der Waals surface area contributed by atoms with Gasteiger partial charge in [-0.15, -0.1) is 11.3 Å². The van der Waals surface area contributed by atoms with E-state index in [1.807, 2.05) is 31.2 Å². The van der Waals surface area contributed by atoms with Gasteiger partial charge in [0.05, 0.1) is 22.0 Å². The van der Waals surface area contributed by atoms with Gasteiger partial charge in [-0.1, -0.05) is 29.1 Å². The van der Waals surface area contributed by atoms with Crippen LogP contribution in [0.25, 0.3) is 0 Å². The lowest BCUT2D eigenvalue weighted by Crippen LogP contribution is -1.81. The summed E-state index contributed by atoms with van der Waals surface area (Å²) in [6.45, 7) is 1.93. The zero-order valence-corrected chi connectivity index (χ0v) is 12.2. The lowest BCUT2D eigenvalue weighted by molar-refractivity contribution is 0.415. The van der Waals surface area contributed by atoms with E-state index in [0.29, 0.717) is 10.0 Å². The third-order valence-electron chi connectivity index (χ3n) is 2.37. The second-order valence-electron chi connectivity index (χ2n) is 3.59. The highest BCUT2D eigenvalue weighted by molar-refractivity contribution is 7.13. The van der Waals surface area contributed by atoms with E-state index in [2.05, 4.69) is 11.8 Å². The largest absolute Gasteiger partial charge is 0.497 e. The molecule has 92 valence electrons. The van der Waals surface area contributed by atoms with Gasteiger partial charge in [-0.25, -0.2) is 0 Å². The molecule has 1 heterocycles. The second kappa shape index (κ2) is 5.67. The summed E-state index contributed by atoms with van der Waals surface area (Å²) in [4.78, 5) is 1.79. The number of halogens is 2. The van der Waals surface area contributed by atoms with Crippen molar-refractivity contribution < 1.29 is 4.74 Å². The van der Waals surface area contributed by atoms with Crippen LogP contribution in [0.3, 0.4) is 0 Å². The molecule has 0 spiro atoms. The lowest BCUT2D eigenvalue weighted by atomic mass is 10.2. The SMILES string of the molecule is COc1ccc(C#Cc2sc(C)c(Cl)c2Cl)cc1. The average Bonchev–Trinajstić information content (AvgIpc) is 2.64. The molecule has 0 fully saturated rings. The minimum Gasteiger partial charge on any atom is -0.497 e. The van der Waals surface area contributed by atoms with Gasteiger partial charge in [0.25, 0.3) is 0 Å². The molecule has 4 heteroatoms. The average molecular weight is 297 g/mol. The Morgan fingerprint density at radius 2 is 1.72 bits per heavy atom. The van der Waals surface area contributed by atoms with E-state index >= 15 is 0 Å². The Morgan fingerprint density at radius 3 is 2.22 bits per heavy atom. The molecule has 2 rings (SSSR count). The predicted octanol–water partition coefficient (Wildman–Crippen LogP) is 4.77. The number of thiophene rings is 1. The van der Waals surface area contributed by atoms with Crippen LogP contribution in [0.4, 0.5) is 0 Å². The maximum atomic E-state index is 6.08. The normalized spacial score (nSPS) is 9.78. The standard InChI is InChI=1S/C14H10Cl2OS/c1-9-13(15)14(16)12(18-9)8-5-10-3-6-11(17-2)7-4-10/h3-4,6-7H,1-2H3. The van der Waals surface area contributed by atoms with Gasteiger partial charge in [-0.05, 0) is 37.1 Å². The number of hydrogen-bond donors (Lipinski definition) is 0. The summed E-state index contributed by atoms with van der Waals surface area (Å²) in [6, 6.07) is 7.56. The number of rotatable bonds is 1. The lowest BCUT2D eigenvalue weighted by Gasteiger charge is -1.97. The maximum absolute atomic E-state index is 6.08. The number of hydrogen-bond acceptors (Lipinski definition) is 2. The highest BCUT2D eigenvalue weighted by Gasteiger charge is 2.09. The summed E-state index contributed by atoms with van der Waals surface area (Å²) in [7, 11) is 1.64. The molecular weight excluding hydrogens is 287 g/mol. The first kappa shape index (κ1) is 13.3. The van der Waals surface area contributed by atoms with Gasteiger partial charge in [0.2, 0.25) is 0 Å². The van der Waals surface area contributed by atoms with Crippen LogP contribution in [-0.4, -0.2) is 7.11 Å². The van der Waals surface area contributed by atoms with Gasteiger partial charge >= 0.3 is 0 Å². The Hall–Kier alpha value is -1.14. The maximum Gasteiger partial charge on any atom is 0.118 e. The molecule has 0 saturated heterocycles. The molecule has 1 nitrogen and oxygen atoms in total. The van der Waals surface area contributed by atoms with Crippen molar-refractivity contribution in [3.63, 3.8) is 0 Å². The van der Waals surface area contributed by atoms with E-state index in [1.165, 1.54) is 11.3 Å². The van der Waals surface area contributed by atoms with E-state index < -0.39 is 0 Å². The van der Waals surface area contributed by atoms with Gasteiger partial charge in [0.15, 0.2) is 0 Å². The molecular formula is C14H10Cl2OS. The molecule has 0 saturated carbocycles. The van der Waals surface area contributed by atoms with Crippen LogP contribution in [0.2, 0.25) is 10.0 Å². The number of ether oxygens (including phenoxy) is 1. The monoisotopic (exact) mass is 296 g/mol. The van der Waals surface area contributed by atoms with Crippen LogP contribution < -0.4 is 4.74 Å². The molecule has 0 unspecified atom stereocenters. The molecule has 0 aliphatic carbocycles. The van der Waals surface area contributed by atoms with Gasteiger partial charge in [-0.3, -0.25) is 0 Å². The molecule has 0 atom stereocenters. The van der Waals surface area contributed by atoms with E-state index in [1.54, 1.807) is 7.11 Å². The molecule has 0 aliphatic heterocycles. The van der Waals surface area contributed by atoms with Crippen molar-refractivity contribution in [3.8, 4) is 17.6 Å². The molecule has 1 aromatic heterocycles. The van der Waals surface area contributed by atoms with Crippen molar-refractivity contribution in [1.29, 1.82) is 0 Å². The van der Waals surface area contributed by atoms with Crippen LogP contribution in [-0.2, 0) is 0 Å². The zero-order valence-electron chi connectivity index (χ0n) is 9.88. The summed E-state index contributed by atoms with van der Waals surface area (Å²) >= 11 is 13.6. The third kappa shape index (κ3) is 2.81. The fourth-order valence-corrected chi connectivity index (χ4v) is 2.80. The Bertz CT molecular complexity index is 618. The van der Waals surface area contributed by atoms with Gasteiger partial charge in [-0.2, -0.15) is 0 Å². The zero-order chi connectivity index (χ0) is 13.1. The summed E-state index contributed by atoms with van der Waals surface area (Å²) < 4.78 is 5.09. The van der Waals surface area contributed by atoms with Crippen LogP contribution in [0.1, 0.15) is 15.3 Å². The highest BCUT2D eigenvalue weighted by atomic mass is 35.5. The van der Waals surface area contributed by atoms with Crippen LogP contribution in [0.15, 0.2) is 24.3 Å². The summed E-state index contributed by atoms with van der Waals surface area (Å²) in [5.74, 6) is 6.91. The van der Waals surface area contributed by atoms with Crippen molar-refractivity contribution >= 4 is 34.5 Å². The van der Waals surface area contributed by atoms with Crippen molar-refractivity contribution in [1.82, 2.24) is 0 Å². The van der Waals surface area contributed by atoms with Gasteiger partial charge in [0, 0.05) is 10.4 Å². The number of aryl methyl sites for hydroxylation is 1. The molecule has 2 aromatic rings. The Morgan fingerprint density at radius 1 is 1.06 bits per heavy atom. The van der Waals surface area contributed by atoms with Crippen LogP contribution in [0, 0.1) is 18.8 Å². The van der Waals surface area contributed by atoms with E-state index in [-0.39, 0.29) is 0 Å². The summed E-state index contributed by atoms with van der Waals surface area (Å²) in [5.41, 5.74) is 0.911. The molecule has 0 bridgehead atoms. The van der Waals surface area contributed by atoms with Crippen molar-refractivity contribution in [2.24, 2.45) is 0 Å². The Labute approximate surface area is 120 Å². The third-order valence-corrected chi connectivity index (χ3v) is 4.56. The Balaban J connectivity index is 2.28. The van der Waals surface area contributed by atoms with Crippen LogP contribution >= 0.6 is 34.5 Å². The number of methoxy groups -OCH3 is 1. The second-order valence-corrected chi connectivity index (χ2v) is 5.57. The number of benzene rings is 1. The predicted molar refractivity (Wildman–Crippen MR) is 78.1 cm³/mol. The first-order chi connectivity index (χ1) is 8.61. The Kier molecular flexibility index (Phi) is 4.19. The molecule has 1 aromatic carbocycles. The van der Waals surface area contributed by atoms with Crippen molar-refractivity contribution in [3.05, 3.63) is 49.6 Å². The van der Waals surface area contributed by atoms with Gasteiger partial charge in [0.1, 0.15) is 5.75 Å². The molecule has 0 amide bonds. The molecule has 0 radical (unpaired) electrons. The fourth-order valence-electron chi connectivity index (χ4n) is 1.38. The highest BCUT2D eigenvalue weighted by Crippen LogP contribution is 2.35.